The average Bonchev–Trinajstić information content (AvgIpc) is 3.28. The smallest absolute Gasteiger partial charge is 0.419 e. The van der Waals surface area contributed by atoms with Gasteiger partial charge in [-0.05, 0) is 17.4 Å². The van der Waals surface area contributed by atoms with Gasteiger partial charge in [-0.3, -0.25) is 9.78 Å². The Bertz CT molecular complexity index is 1210. The van der Waals surface area contributed by atoms with E-state index in [1.54, 1.807) is 42.5 Å². The number of carbonyl (C=O) groups is 1. The number of benzene rings is 2. The molecule has 0 spiro atoms. The molecule has 1 aromatic heterocycles. The van der Waals surface area contributed by atoms with Crippen LogP contribution in [0.1, 0.15) is 26.0 Å². The number of para-hydroxylation sites is 1. The van der Waals surface area contributed by atoms with Gasteiger partial charge in [0.15, 0.2) is 0 Å². The minimum Gasteiger partial charge on any atom is -0.477 e. The summed E-state index contributed by atoms with van der Waals surface area (Å²) in [5.74, 6) is -2.26. The number of esters is 1. The number of ether oxygens (including phenoxy) is 2. The van der Waals surface area contributed by atoms with Gasteiger partial charge in [-0.1, -0.05) is 62.7 Å². The van der Waals surface area contributed by atoms with E-state index in [1.165, 1.54) is 6.07 Å². The van der Waals surface area contributed by atoms with Crippen molar-refractivity contribution in [2.75, 3.05) is 13.7 Å². The first-order chi connectivity index (χ1) is 15.3. The Balaban J connectivity index is 2.12. The molecule has 3 atom stereocenters. The number of alkyl halides is 3. The molecule has 0 bridgehead atoms. The van der Waals surface area contributed by atoms with Crippen LogP contribution in [0.5, 0.6) is 0 Å². The fourth-order valence-electron chi connectivity index (χ4n) is 4.16. The number of pyridine rings is 1. The molecule has 2 unspecified atom stereocenters. The molecule has 8 heteroatoms. The highest BCUT2D eigenvalue weighted by molar-refractivity contribution is 6.15. The SMILES string of the molecule is CCC(C)[C@H]1COC(C(C(=O)OC)(c2nc3ccccc3c3ccccc23)C(F)(F)F)=N1. The van der Waals surface area contributed by atoms with E-state index < -0.39 is 35.2 Å². The van der Waals surface area contributed by atoms with E-state index in [2.05, 4.69) is 9.98 Å². The molecule has 0 saturated heterocycles. The van der Waals surface area contributed by atoms with Gasteiger partial charge in [0.25, 0.3) is 5.41 Å². The quantitative estimate of drug-likeness (QED) is 0.401. The lowest BCUT2D eigenvalue weighted by atomic mass is 9.79. The molecule has 32 heavy (non-hydrogen) atoms. The minimum atomic E-state index is -5.11. The number of carbonyl (C=O) groups excluding carboxylic acids is 1. The second-order valence-electron chi connectivity index (χ2n) is 7.96. The van der Waals surface area contributed by atoms with Crippen molar-refractivity contribution in [3.05, 3.63) is 54.2 Å². The average molecular weight is 444 g/mol. The number of halogens is 3. The van der Waals surface area contributed by atoms with Crippen LogP contribution in [-0.4, -0.2) is 42.8 Å². The van der Waals surface area contributed by atoms with Crippen molar-refractivity contribution in [1.82, 2.24) is 4.98 Å². The first-order valence-corrected chi connectivity index (χ1v) is 10.4. The maximum absolute atomic E-state index is 15.0. The number of rotatable bonds is 5. The lowest BCUT2D eigenvalue weighted by molar-refractivity contribution is -0.195. The second-order valence-corrected chi connectivity index (χ2v) is 7.96. The fraction of sp³-hybridized carbons (Fsp3) is 0.375. The zero-order valence-corrected chi connectivity index (χ0v) is 17.9. The van der Waals surface area contributed by atoms with Crippen LogP contribution in [0.25, 0.3) is 21.7 Å². The molecule has 1 aliphatic rings. The highest BCUT2D eigenvalue weighted by atomic mass is 19.4. The monoisotopic (exact) mass is 444 g/mol. The number of aliphatic imine (C=N–C) groups is 1. The highest BCUT2D eigenvalue weighted by Gasteiger charge is 2.70. The summed E-state index contributed by atoms with van der Waals surface area (Å²) in [7, 11) is 0.924. The third kappa shape index (κ3) is 3.20. The summed E-state index contributed by atoms with van der Waals surface area (Å²) < 4.78 is 55.2. The van der Waals surface area contributed by atoms with Crippen molar-refractivity contribution in [2.24, 2.45) is 10.9 Å². The van der Waals surface area contributed by atoms with Crippen LogP contribution in [0.3, 0.4) is 0 Å². The van der Waals surface area contributed by atoms with E-state index in [0.29, 0.717) is 22.7 Å². The number of nitrogens with zero attached hydrogens (tertiary/aromatic N) is 2. The standard InChI is InChI=1S/C24H23F3N2O3/c1-4-14(2)19-13-32-21(29-19)23(22(30)31-3,24(25,26)27)20-17-11-6-5-9-15(17)16-10-7-8-12-18(16)28-20/h5-12,14,19H,4,13H2,1-3H3/t14?,19-,23?/m1/s1. The third-order valence-electron chi connectivity index (χ3n) is 6.18. The molecular weight excluding hydrogens is 421 g/mol. The van der Waals surface area contributed by atoms with Crippen LogP contribution in [0.4, 0.5) is 13.2 Å². The molecule has 5 nitrogen and oxygen atoms in total. The molecule has 3 aromatic rings. The molecular formula is C24H23F3N2O3. The minimum absolute atomic E-state index is 0.0163. The predicted octanol–water partition coefficient (Wildman–Crippen LogP) is 5.20. The largest absolute Gasteiger partial charge is 0.477 e. The van der Waals surface area contributed by atoms with E-state index in [4.69, 9.17) is 9.47 Å². The Kier molecular flexibility index (Phi) is 5.56. The molecule has 0 amide bonds. The van der Waals surface area contributed by atoms with Crippen molar-refractivity contribution in [3.8, 4) is 0 Å². The van der Waals surface area contributed by atoms with Gasteiger partial charge in [0.2, 0.25) is 5.90 Å². The number of hydrogen-bond acceptors (Lipinski definition) is 5. The molecule has 168 valence electrons. The van der Waals surface area contributed by atoms with E-state index in [-0.39, 0.29) is 17.9 Å². The van der Waals surface area contributed by atoms with Crippen LogP contribution >= 0.6 is 0 Å². The van der Waals surface area contributed by atoms with Gasteiger partial charge in [-0.2, -0.15) is 13.2 Å². The van der Waals surface area contributed by atoms with Crippen molar-refractivity contribution >= 4 is 33.5 Å². The zero-order valence-electron chi connectivity index (χ0n) is 17.9. The Labute approximate surface area is 183 Å². The summed E-state index contributed by atoms with van der Waals surface area (Å²) in [6, 6.07) is 12.9. The van der Waals surface area contributed by atoms with Crippen LogP contribution < -0.4 is 0 Å². The maximum Gasteiger partial charge on any atom is 0.419 e. The summed E-state index contributed by atoms with van der Waals surface area (Å²) >= 11 is 0. The second kappa shape index (κ2) is 8.07. The molecule has 0 saturated carbocycles. The highest BCUT2D eigenvalue weighted by Crippen LogP contribution is 2.47. The van der Waals surface area contributed by atoms with Crippen LogP contribution in [-0.2, 0) is 19.7 Å². The third-order valence-corrected chi connectivity index (χ3v) is 6.18. The van der Waals surface area contributed by atoms with Crippen molar-refractivity contribution < 1.29 is 27.4 Å². The van der Waals surface area contributed by atoms with Crippen LogP contribution in [0, 0.1) is 5.92 Å². The maximum atomic E-state index is 15.0. The van der Waals surface area contributed by atoms with Gasteiger partial charge < -0.3 is 9.47 Å². The number of fused-ring (bicyclic) bond motifs is 3. The Morgan fingerprint density at radius 2 is 1.75 bits per heavy atom. The summed E-state index contributed by atoms with van der Waals surface area (Å²) in [6.07, 6.45) is -4.40. The topological polar surface area (TPSA) is 60.8 Å². The Morgan fingerprint density at radius 1 is 1.12 bits per heavy atom. The molecule has 4 rings (SSSR count). The van der Waals surface area contributed by atoms with Crippen molar-refractivity contribution in [3.63, 3.8) is 0 Å². The molecule has 2 heterocycles. The lowest BCUT2D eigenvalue weighted by Gasteiger charge is -2.32. The molecule has 0 fully saturated rings. The van der Waals surface area contributed by atoms with Crippen molar-refractivity contribution in [2.45, 2.75) is 37.9 Å². The van der Waals surface area contributed by atoms with E-state index in [9.17, 15) is 18.0 Å². The molecule has 0 radical (unpaired) electrons. The number of hydrogen-bond donors (Lipinski definition) is 0. The van der Waals surface area contributed by atoms with Crippen molar-refractivity contribution in [1.29, 1.82) is 0 Å². The van der Waals surface area contributed by atoms with E-state index in [0.717, 1.165) is 7.11 Å². The predicted molar refractivity (Wildman–Crippen MR) is 116 cm³/mol. The molecule has 1 aliphatic heterocycles. The number of methoxy groups -OCH3 is 1. The molecule has 0 aliphatic carbocycles. The summed E-state index contributed by atoms with van der Waals surface area (Å²) in [5.41, 5.74) is -3.45. The van der Waals surface area contributed by atoms with Gasteiger partial charge in [0.05, 0.1) is 24.4 Å². The number of aromatic nitrogens is 1. The van der Waals surface area contributed by atoms with Crippen LogP contribution in [0.2, 0.25) is 0 Å². The summed E-state index contributed by atoms with van der Waals surface area (Å²) in [4.78, 5) is 21.7. The van der Waals surface area contributed by atoms with Gasteiger partial charge in [-0.15, -0.1) is 0 Å². The van der Waals surface area contributed by atoms with Gasteiger partial charge in [0.1, 0.15) is 6.61 Å². The first kappa shape index (κ1) is 22.0. The van der Waals surface area contributed by atoms with Gasteiger partial charge in [-0.25, -0.2) is 4.99 Å². The van der Waals surface area contributed by atoms with Crippen LogP contribution in [0.15, 0.2) is 53.5 Å². The van der Waals surface area contributed by atoms with E-state index in [1.807, 2.05) is 13.8 Å². The van der Waals surface area contributed by atoms with Gasteiger partial charge >= 0.3 is 12.1 Å². The Morgan fingerprint density at radius 3 is 2.38 bits per heavy atom. The van der Waals surface area contributed by atoms with E-state index >= 15 is 0 Å². The molecule has 0 N–H and O–H groups in total. The lowest BCUT2D eigenvalue weighted by Crippen LogP contribution is -2.56. The summed E-state index contributed by atoms with van der Waals surface area (Å²) in [5, 5.41) is 1.41. The fourth-order valence-corrected chi connectivity index (χ4v) is 4.16. The summed E-state index contributed by atoms with van der Waals surface area (Å²) in [6.45, 7) is 3.77. The molecule has 2 aromatic carbocycles. The first-order valence-electron chi connectivity index (χ1n) is 10.4. The normalized spacial score (nSPS) is 19.3. The van der Waals surface area contributed by atoms with Gasteiger partial charge in [0, 0.05) is 10.8 Å². The Hall–Kier alpha value is -3.16. The zero-order chi connectivity index (χ0) is 23.1.